The summed E-state index contributed by atoms with van der Waals surface area (Å²) in [5, 5.41) is 8.19. The van der Waals surface area contributed by atoms with Gasteiger partial charge in [0.25, 0.3) is 5.91 Å². The third-order valence-corrected chi connectivity index (χ3v) is 6.51. The molecule has 0 spiro atoms. The first-order valence-corrected chi connectivity index (χ1v) is 13.9. The number of likely N-dealkylation sites (N-methyl/N-ethyl adjacent to an activating group) is 1. The summed E-state index contributed by atoms with van der Waals surface area (Å²) >= 11 is 0. The lowest BCUT2D eigenvalue weighted by Crippen LogP contribution is -2.53. The van der Waals surface area contributed by atoms with Crippen LogP contribution in [-0.2, 0) is 14.4 Å². The van der Waals surface area contributed by atoms with Gasteiger partial charge in [0.2, 0.25) is 17.7 Å². The van der Waals surface area contributed by atoms with Crippen LogP contribution >= 0.6 is 0 Å². The van der Waals surface area contributed by atoms with E-state index in [9.17, 15) is 19.2 Å². The quantitative estimate of drug-likeness (QED) is 0.395. The van der Waals surface area contributed by atoms with Gasteiger partial charge < -0.3 is 35.1 Å². The van der Waals surface area contributed by atoms with Crippen LogP contribution in [0.2, 0.25) is 0 Å². The van der Waals surface area contributed by atoms with Gasteiger partial charge in [0.1, 0.15) is 42.5 Å². The fourth-order valence-corrected chi connectivity index (χ4v) is 4.42. The number of hydrogen-bond acceptors (Lipinski definition) is 7. The summed E-state index contributed by atoms with van der Waals surface area (Å²) in [6.07, 6.45) is 0.0704. The van der Waals surface area contributed by atoms with E-state index in [4.69, 9.17) is 14.2 Å². The van der Waals surface area contributed by atoms with E-state index in [1.54, 1.807) is 60.5 Å². The topological polar surface area (TPSA) is 135 Å². The second kappa shape index (κ2) is 15.5. The highest BCUT2D eigenvalue weighted by Gasteiger charge is 2.30. The Morgan fingerprint density at radius 3 is 2.59 bits per heavy atom. The Labute approximate surface area is 240 Å². The summed E-state index contributed by atoms with van der Waals surface area (Å²) in [6.45, 7) is 6.94. The van der Waals surface area contributed by atoms with Gasteiger partial charge in [0.15, 0.2) is 0 Å². The zero-order chi connectivity index (χ0) is 29.8. The summed E-state index contributed by atoms with van der Waals surface area (Å²) in [7, 11) is 1.56. The molecule has 0 unspecified atom stereocenters. The van der Waals surface area contributed by atoms with E-state index in [2.05, 4.69) is 16.0 Å². The van der Waals surface area contributed by atoms with Crippen molar-refractivity contribution in [1.29, 1.82) is 0 Å². The molecule has 0 saturated heterocycles. The van der Waals surface area contributed by atoms with E-state index < -0.39 is 29.8 Å². The molecule has 1 aliphatic rings. The number of rotatable bonds is 9. The van der Waals surface area contributed by atoms with Crippen LogP contribution in [0.25, 0.3) is 0 Å². The summed E-state index contributed by atoms with van der Waals surface area (Å²) in [5.41, 5.74) is 0.219. The van der Waals surface area contributed by atoms with Crippen LogP contribution in [0.3, 0.4) is 0 Å². The second-order valence-corrected chi connectivity index (χ2v) is 10.1. The number of amides is 4. The normalized spacial score (nSPS) is 18.4. The van der Waals surface area contributed by atoms with Crippen LogP contribution in [0.1, 0.15) is 44.0 Å². The van der Waals surface area contributed by atoms with Gasteiger partial charge in [-0.3, -0.25) is 19.2 Å². The van der Waals surface area contributed by atoms with Gasteiger partial charge in [-0.15, -0.1) is 0 Å². The van der Waals surface area contributed by atoms with Crippen molar-refractivity contribution in [3.8, 4) is 17.2 Å². The van der Waals surface area contributed by atoms with Crippen LogP contribution in [0.4, 0.5) is 0 Å². The Morgan fingerprint density at radius 1 is 1.10 bits per heavy atom. The molecule has 3 rings (SSSR count). The molecule has 1 aliphatic heterocycles. The van der Waals surface area contributed by atoms with Crippen molar-refractivity contribution in [1.82, 2.24) is 20.9 Å². The molecule has 11 heteroatoms. The minimum Gasteiger partial charge on any atom is -0.497 e. The van der Waals surface area contributed by atoms with Crippen molar-refractivity contribution in [2.45, 2.75) is 45.7 Å². The molecular weight excluding hydrogens is 528 g/mol. The number of para-hydroxylation sites is 1. The predicted molar refractivity (Wildman–Crippen MR) is 153 cm³/mol. The summed E-state index contributed by atoms with van der Waals surface area (Å²) in [4.78, 5) is 54.6. The lowest BCUT2D eigenvalue weighted by molar-refractivity contribution is -0.137. The Bertz CT molecular complexity index is 1200. The zero-order valence-corrected chi connectivity index (χ0v) is 24.1. The molecule has 41 heavy (non-hydrogen) atoms. The van der Waals surface area contributed by atoms with Gasteiger partial charge in [0, 0.05) is 12.6 Å². The van der Waals surface area contributed by atoms with E-state index >= 15 is 0 Å². The smallest absolute Gasteiger partial charge is 0.255 e. The van der Waals surface area contributed by atoms with Crippen LogP contribution in [0, 0.1) is 5.92 Å². The average Bonchev–Trinajstić information content (AvgIpc) is 2.96. The fraction of sp³-hybridized carbons (Fsp3) is 0.467. The predicted octanol–water partition coefficient (Wildman–Crippen LogP) is 2.15. The number of carbonyl (C=O) groups excluding carboxylic acids is 4. The summed E-state index contributed by atoms with van der Waals surface area (Å²) < 4.78 is 16.7. The number of methoxy groups -OCH3 is 1. The number of nitrogens with zero attached hydrogens (tertiary/aromatic N) is 1. The Balaban J connectivity index is 1.78. The fourth-order valence-electron chi connectivity index (χ4n) is 4.42. The molecule has 2 atom stereocenters. The number of carbonyl (C=O) groups is 4. The van der Waals surface area contributed by atoms with Crippen molar-refractivity contribution >= 4 is 23.6 Å². The standard InChI is InChI=1S/C30H40N4O7/c1-5-34-14-16-41-26-12-7-6-11-23(26)28(36)33-24(19-27(35)32-25(30(34)38)17-20(2)3)29(37)31-13-15-40-22-10-8-9-21(18-22)39-4/h6-12,18,20,24-25H,5,13-17,19H2,1-4H3,(H,31,37)(H,32,35)(H,33,36)/t24-,25-/m0/s1. The minimum atomic E-state index is -1.20. The Hall–Kier alpha value is -4.28. The first-order chi connectivity index (χ1) is 19.7. The molecule has 0 bridgehead atoms. The number of nitrogens with one attached hydrogen (secondary N) is 3. The molecule has 0 aliphatic carbocycles. The average molecular weight is 569 g/mol. The molecule has 1 heterocycles. The highest BCUT2D eigenvalue weighted by Crippen LogP contribution is 2.20. The van der Waals surface area contributed by atoms with Gasteiger partial charge >= 0.3 is 0 Å². The molecule has 0 radical (unpaired) electrons. The highest BCUT2D eigenvalue weighted by atomic mass is 16.5. The lowest BCUT2D eigenvalue weighted by atomic mass is 10.0. The first kappa shape index (κ1) is 31.3. The largest absolute Gasteiger partial charge is 0.497 e. The summed E-state index contributed by atoms with van der Waals surface area (Å²) in [5.74, 6) is -0.190. The molecule has 0 fully saturated rings. The van der Waals surface area contributed by atoms with Gasteiger partial charge in [-0.2, -0.15) is 0 Å². The van der Waals surface area contributed by atoms with Crippen molar-refractivity contribution in [3.63, 3.8) is 0 Å². The Kier molecular flexibility index (Phi) is 11.8. The molecule has 2 aromatic rings. The van der Waals surface area contributed by atoms with E-state index in [0.717, 1.165) is 0 Å². The van der Waals surface area contributed by atoms with Crippen molar-refractivity contribution in [2.75, 3.05) is 40.0 Å². The molecule has 0 saturated carbocycles. The van der Waals surface area contributed by atoms with E-state index in [1.165, 1.54) is 0 Å². The van der Waals surface area contributed by atoms with Crippen molar-refractivity contribution < 1.29 is 33.4 Å². The number of ether oxygens (including phenoxy) is 3. The molecule has 0 aromatic heterocycles. The van der Waals surface area contributed by atoms with Crippen LogP contribution in [0.5, 0.6) is 17.2 Å². The molecule has 4 amide bonds. The highest BCUT2D eigenvalue weighted by molar-refractivity contribution is 6.01. The number of benzene rings is 2. The maximum absolute atomic E-state index is 13.4. The van der Waals surface area contributed by atoms with Crippen LogP contribution in [-0.4, -0.2) is 80.6 Å². The molecule has 11 nitrogen and oxygen atoms in total. The van der Waals surface area contributed by atoms with Crippen molar-refractivity contribution in [3.05, 3.63) is 54.1 Å². The maximum atomic E-state index is 13.4. The minimum absolute atomic E-state index is 0.129. The van der Waals surface area contributed by atoms with E-state index in [1.807, 2.05) is 20.8 Å². The summed E-state index contributed by atoms with van der Waals surface area (Å²) in [6, 6.07) is 11.7. The van der Waals surface area contributed by atoms with E-state index in [-0.39, 0.29) is 43.6 Å². The number of fused-ring (bicyclic) bond motifs is 1. The van der Waals surface area contributed by atoms with Gasteiger partial charge in [-0.05, 0) is 43.5 Å². The monoisotopic (exact) mass is 568 g/mol. The molecule has 3 N–H and O–H groups in total. The van der Waals surface area contributed by atoms with E-state index in [0.29, 0.717) is 36.8 Å². The zero-order valence-electron chi connectivity index (χ0n) is 24.1. The molecule has 222 valence electrons. The second-order valence-electron chi connectivity index (χ2n) is 10.1. The van der Waals surface area contributed by atoms with Crippen LogP contribution in [0.15, 0.2) is 48.5 Å². The number of hydrogen-bond donors (Lipinski definition) is 3. The van der Waals surface area contributed by atoms with Gasteiger partial charge in [-0.25, -0.2) is 0 Å². The molecular formula is C30H40N4O7. The molecule has 2 aromatic carbocycles. The SMILES string of the molecule is CCN1CCOc2ccccc2C(=O)N[C@H](C(=O)NCCOc2cccc(OC)c2)CC(=O)N[C@@H](CC(C)C)C1=O. The Morgan fingerprint density at radius 2 is 1.85 bits per heavy atom. The first-order valence-electron chi connectivity index (χ1n) is 13.9. The lowest BCUT2D eigenvalue weighted by Gasteiger charge is -2.29. The van der Waals surface area contributed by atoms with Gasteiger partial charge in [-0.1, -0.05) is 32.0 Å². The third kappa shape index (κ3) is 9.40. The maximum Gasteiger partial charge on any atom is 0.255 e. The third-order valence-electron chi connectivity index (χ3n) is 6.51. The van der Waals surface area contributed by atoms with Gasteiger partial charge in [0.05, 0.1) is 32.2 Å². The van der Waals surface area contributed by atoms with Crippen molar-refractivity contribution in [2.24, 2.45) is 5.92 Å². The van der Waals surface area contributed by atoms with Crippen LogP contribution < -0.4 is 30.2 Å².